The molecule has 0 saturated heterocycles. The van der Waals surface area contributed by atoms with Crippen LogP contribution in [0.4, 0.5) is 17.1 Å². The predicted octanol–water partition coefficient (Wildman–Crippen LogP) is 18.5. The summed E-state index contributed by atoms with van der Waals surface area (Å²) in [4.78, 5) is 2.39. The van der Waals surface area contributed by atoms with Gasteiger partial charge in [0, 0.05) is 49.6 Å². The minimum absolute atomic E-state index is 0.904. The van der Waals surface area contributed by atoms with Gasteiger partial charge in [0.05, 0.1) is 22.4 Å². The maximum atomic E-state index is 6.45. The fraction of sp³-hybridized carbons (Fsp3) is 0. The van der Waals surface area contributed by atoms with Crippen molar-refractivity contribution >= 4 is 60.8 Å². The molecule has 0 unspecified atom stereocenters. The lowest BCUT2D eigenvalue weighted by Gasteiger charge is -2.28. The Kier molecular flexibility index (Phi) is 9.84. The fourth-order valence-electron chi connectivity index (χ4n) is 10.4. The lowest BCUT2D eigenvalue weighted by molar-refractivity contribution is 0.670. The first kappa shape index (κ1) is 40.1. The molecule has 324 valence electrons. The molecule has 0 bridgehead atoms. The van der Waals surface area contributed by atoms with E-state index in [4.69, 9.17) is 4.42 Å². The summed E-state index contributed by atoms with van der Waals surface area (Å²) in [7, 11) is 0. The van der Waals surface area contributed by atoms with Gasteiger partial charge in [0.25, 0.3) is 0 Å². The molecule has 0 atom stereocenters. The van der Waals surface area contributed by atoms with Crippen LogP contribution in [0.2, 0.25) is 0 Å². The summed E-state index contributed by atoms with van der Waals surface area (Å²) in [5, 5.41) is 4.77. The van der Waals surface area contributed by atoms with Crippen LogP contribution in [0.3, 0.4) is 0 Å². The number of nitrogens with zero attached hydrogens (tertiary/aromatic N) is 2. The highest BCUT2D eigenvalue weighted by Crippen LogP contribution is 2.44. The molecule has 0 fully saturated rings. The van der Waals surface area contributed by atoms with Gasteiger partial charge in [0.15, 0.2) is 0 Å². The van der Waals surface area contributed by atoms with Gasteiger partial charge in [-0.2, -0.15) is 0 Å². The van der Waals surface area contributed by atoms with E-state index in [2.05, 4.69) is 264 Å². The number of furan rings is 1. The predicted molar refractivity (Wildman–Crippen MR) is 290 cm³/mol. The number of anilines is 3. The zero-order chi connectivity index (χ0) is 45.7. The second kappa shape index (κ2) is 16.9. The number of benzene rings is 11. The van der Waals surface area contributed by atoms with Crippen molar-refractivity contribution in [2.24, 2.45) is 0 Å². The zero-order valence-corrected chi connectivity index (χ0v) is 37.7. The van der Waals surface area contributed by atoms with Gasteiger partial charge in [-0.15, -0.1) is 0 Å². The third-order valence-corrected chi connectivity index (χ3v) is 13.6. The molecular weight excluding hydrogens is 837 g/mol. The molecular formula is C66H44N2O. The molecule has 0 aliphatic carbocycles. The highest BCUT2D eigenvalue weighted by Gasteiger charge is 2.20. The van der Waals surface area contributed by atoms with E-state index in [1.54, 1.807) is 0 Å². The van der Waals surface area contributed by atoms with Crippen molar-refractivity contribution in [1.29, 1.82) is 0 Å². The van der Waals surface area contributed by atoms with Gasteiger partial charge in [-0.1, -0.05) is 206 Å². The van der Waals surface area contributed by atoms with Gasteiger partial charge in [0.1, 0.15) is 11.2 Å². The normalized spacial score (nSPS) is 11.5. The minimum atomic E-state index is 0.904. The average Bonchev–Trinajstić information content (AvgIpc) is 3.98. The maximum Gasteiger partial charge on any atom is 0.143 e. The van der Waals surface area contributed by atoms with Gasteiger partial charge in [0.2, 0.25) is 0 Å². The second-order valence-electron chi connectivity index (χ2n) is 17.6. The van der Waals surface area contributed by atoms with Crippen LogP contribution in [0.1, 0.15) is 0 Å². The Morgan fingerprint density at radius 1 is 0.290 bits per heavy atom. The molecule has 2 heterocycles. The Bertz CT molecular complexity index is 3960. The number of aromatic nitrogens is 1. The monoisotopic (exact) mass is 880 g/mol. The Hall–Kier alpha value is -9.18. The summed E-state index contributed by atoms with van der Waals surface area (Å²) < 4.78 is 8.87. The van der Waals surface area contributed by atoms with Gasteiger partial charge in [-0.25, -0.2) is 0 Å². The van der Waals surface area contributed by atoms with E-state index in [1.165, 1.54) is 44.1 Å². The summed E-state index contributed by atoms with van der Waals surface area (Å²) >= 11 is 0. The summed E-state index contributed by atoms with van der Waals surface area (Å²) in [5.41, 5.74) is 20.1. The Morgan fingerprint density at radius 3 is 1.52 bits per heavy atom. The number of hydrogen-bond acceptors (Lipinski definition) is 2. The van der Waals surface area contributed by atoms with E-state index in [-0.39, 0.29) is 0 Å². The first-order chi connectivity index (χ1) is 34.2. The van der Waals surface area contributed by atoms with Gasteiger partial charge in [-0.3, -0.25) is 0 Å². The van der Waals surface area contributed by atoms with Crippen molar-refractivity contribution in [2.75, 3.05) is 4.90 Å². The molecule has 0 spiro atoms. The molecule has 0 aliphatic rings. The molecule has 3 nitrogen and oxygen atoms in total. The van der Waals surface area contributed by atoms with Crippen molar-refractivity contribution in [2.45, 2.75) is 0 Å². The number of fused-ring (bicyclic) bond motifs is 6. The van der Waals surface area contributed by atoms with Gasteiger partial charge < -0.3 is 13.9 Å². The molecule has 0 N–H and O–H groups in total. The molecule has 0 saturated carbocycles. The highest BCUT2D eigenvalue weighted by atomic mass is 16.3. The summed E-state index contributed by atoms with van der Waals surface area (Å²) in [6, 6.07) is 96.0. The topological polar surface area (TPSA) is 21.3 Å². The van der Waals surface area contributed by atoms with Crippen LogP contribution in [0.25, 0.3) is 105 Å². The third kappa shape index (κ3) is 6.99. The highest BCUT2D eigenvalue weighted by molar-refractivity contribution is 6.11. The first-order valence-corrected chi connectivity index (χ1v) is 23.6. The first-order valence-electron chi connectivity index (χ1n) is 23.6. The molecule has 2 aromatic heterocycles. The summed E-state index contributed by atoms with van der Waals surface area (Å²) in [6.45, 7) is 0. The van der Waals surface area contributed by atoms with Crippen LogP contribution in [0.15, 0.2) is 271 Å². The van der Waals surface area contributed by atoms with Crippen molar-refractivity contribution < 1.29 is 4.42 Å². The maximum absolute atomic E-state index is 6.45. The van der Waals surface area contributed by atoms with E-state index < -0.39 is 0 Å². The van der Waals surface area contributed by atoms with E-state index in [9.17, 15) is 0 Å². The average molecular weight is 881 g/mol. The summed E-state index contributed by atoms with van der Waals surface area (Å²) in [6.07, 6.45) is 0. The van der Waals surface area contributed by atoms with E-state index in [0.29, 0.717) is 0 Å². The fourth-order valence-corrected chi connectivity index (χ4v) is 10.4. The molecule has 0 aliphatic heterocycles. The van der Waals surface area contributed by atoms with Crippen molar-refractivity contribution in [3.8, 4) is 61.3 Å². The smallest absolute Gasteiger partial charge is 0.143 e. The molecule has 3 heteroatoms. The van der Waals surface area contributed by atoms with Crippen molar-refractivity contribution in [3.63, 3.8) is 0 Å². The molecule has 69 heavy (non-hydrogen) atoms. The molecule has 0 amide bonds. The van der Waals surface area contributed by atoms with Crippen LogP contribution >= 0.6 is 0 Å². The zero-order valence-electron chi connectivity index (χ0n) is 37.7. The Morgan fingerprint density at radius 2 is 0.783 bits per heavy atom. The second-order valence-corrected chi connectivity index (χ2v) is 17.6. The van der Waals surface area contributed by atoms with E-state index in [0.717, 1.165) is 78.1 Å². The van der Waals surface area contributed by atoms with Crippen LogP contribution in [0, 0.1) is 0 Å². The SMILES string of the molecule is c1ccc(-c2ccccc2N(c2ccc(-c3cccc(-c4cccc5c4oc4ccccc45)c3)cc2)c2ccc(-c3ccccc3-c3ccccc3-n3c4ccccc4c4ccccc43)cc2)cc1. The lowest BCUT2D eigenvalue weighted by atomic mass is 9.93. The Labute approximate surface area is 401 Å². The van der Waals surface area contributed by atoms with Crippen molar-refractivity contribution in [1.82, 2.24) is 4.57 Å². The standard InChI is InChI=1S/C66H44N2O/c1-2-18-46(19-3-1)53-23-6-11-31-61(53)67(50-40-36-45(37-41-50)48-20-16-21-49(44-48)54-29-17-30-60-59-28-10-15-35-65(59)69-66(54)60)51-42-38-47(39-43-51)52-22-4-5-24-55(52)56-25-7-12-32-62(56)68-63-33-13-8-26-57(63)58-27-9-14-34-64(58)68/h1-44H. The molecule has 0 radical (unpaired) electrons. The number of rotatable bonds is 9. The number of para-hydroxylation sites is 6. The van der Waals surface area contributed by atoms with Gasteiger partial charge >= 0.3 is 0 Å². The van der Waals surface area contributed by atoms with Crippen LogP contribution < -0.4 is 4.90 Å². The number of hydrogen-bond donors (Lipinski definition) is 0. The van der Waals surface area contributed by atoms with E-state index in [1.807, 2.05) is 12.1 Å². The third-order valence-electron chi connectivity index (χ3n) is 13.6. The molecule has 13 aromatic rings. The quantitative estimate of drug-likeness (QED) is 0.144. The van der Waals surface area contributed by atoms with E-state index >= 15 is 0 Å². The minimum Gasteiger partial charge on any atom is -0.455 e. The van der Waals surface area contributed by atoms with Crippen LogP contribution in [0.5, 0.6) is 0 Å². The largest absolute Gasteiger partial charge is 0.455 e. The van der Waals surface area contributed by atoms with Crippen molar-refractivity contribution in [3.05, 3.63) is 267 Å². The Balaban J connectivity index is 0.892. The lowest BCUT2D eigenvalue weighted by Crippen LogP contribution is -2.11. The van der Waals surface area contributed by atoms with Crippen LogP contribution in [-0.2, 0) is 0 Å². The van der Waals surface area contributed by atoms with Gasteiger partial charge in [-0.05, 0) is 99.6 Å². The van der Waals surface area contributed by atoms with Crippen LogP contribution in [-0.4, -0.2) is 4.57 Å². The molecule has 11 aromatic carbocycles. The molecule has 13 rings (SSSR count). The summed E-state index contributed by atoms with van der Waals surface area (Å²) in [5.74, 6) is 0.